The first kappa shape index (κ1) is 22.2. The molecule has 2 aliphatic heterocycles. The largest absolute Gasteiger partial charge is 0.379 e. The van der Waals surface area contributed by atoms with Gasteiger partial charge >= 0.3 is 0 Å². The maximum Gasteiger partial charge on any atom is 0.229 e. The van der Waals surface area contributed by atoms with E-state index in [1.54, 1.807) is 0 Å². The third-order valence-corrected chi connectivity index (χ3v) is 7.14. The van der Waals surface area contributed by atoms with Gasteiger partial charge in [0, 0.05) is 38.3 Å². The lowest BCUT2D eigenvalue weighted by atomic mass is 10.0. The van der Waals surface area contributed by atoms with E-state index in [1.807, 2.05) is 30.6 Å². The lowest BCUT2D eigenvalue weighted by Gasteiger charge is -2.40. The monoisotopic (exact) mass is 475 g/mol. The molecule has 184 valence electrons. The zero-order valence-electron chi connectivity index (χ0n) is 20.4. The standard InChI is InChI=1S/C25H33N9O/c1-17(2)34-16-27-22-23(26-15-21-28-19-5-3-4-6-20(19)29-21)30-25(31-24(22)34)33-9-7-18(8-10-33)32-11-13-35-14-12-32/h3-6,16-18H,7-15H2,1-2H3,(H,28,29)(H,26,30,31). The van der Waals surface area contributed by atoms with Gasteiger partial charge in [-0.2, -0.15) is 9.97 Å². The second-order valence-electron chi connectivity index (χ2n) is 9.71. The summed E-state index contributed by atoms with van der Waals surface area (Å²) < 4.78 is 7.65. The number of hydrogen-bond acceptors (Lipinski definition) is 8. The fourth-order valence-corrected chi connectivity index (χ4v) is 5.18. The minimum Gasteiger partial charge on any atom is -0.379 e. The summed E-state index contributed by atoms with van der Waals surface area (Å²) in [5.41, 5.74) is 3.66. The summed E-state index contributed by atoms with van der Waals surface area (Å²) in [6.07, 6.45) is 4.10. The third-order valence-electron chi connectivity index (χ3n) is 7.14. The Bertz CT molecular complexity index is 1270. The zero-order chi connectivity index (χ0) is 23.8. The van der Waals surface area contributed by atoms with Crippen molar-refractivity contribution in [2.45, 2.75) is 45.3 Å². The molecule has 35 heavy (non-hydrogen) atoms. The van der Waals surface area contributed by atoms with Crippen molar-refractivity contribution in [1.82, 2.24) is 34.4 Å². The highest BCUT2D eigenvalue weighted by Crippen LogP contribution is 2.27. The number of anilines is 2. The van der Waals surface area contributed by atoms with Crippen LogP contribution in [0.1, 0.15) is 38.6 Å². The van der Waals surface area contributed by atoms with Crippen molar-refractivity contribution in [1.29, 1.82) is 0 Å². The molecule has 0 saturated carbocycles. The zero-order valence-corrected chi connectivity index (χ0v) is 20.4. The molecule has 2 saturated heterocycles. The van der Waals surface area contributed by atoms with Crippen molar-refractivity contribution in [3.8, 4) is 0 Å². The molecule has 3 aromatic heterocycles. The van der Waals surface area contributed by atoms with Gasteiger partial charge in [0.25, 0.3) is 0 Å². The summed E-state index contributed by atoms with van der Waals surface area (Å²) in [7, 11) is 0. The molecular weight excluding hydrogens is 442 g/mol. The van der Waals surface area contributed by atoms with Crippen LogP contribution in [-0.2, 0) is 11.3 Å². The van der Waals surface area contributed by atoms with Gasteiger partial charge in [0.15, 0.2) is 17.0 Å². The second kappa shape index (κ2) is 9.43. The number of piperidine rings is 1. The van der Waals surface area contributed by atoms with Gasteiger partial charge in [-0.25, -0.2) is 9.97 Å². The van der Waals surface area contributed by atoms with Gasteiger partial charge in [0.1, 0.15) is 5.82 Å². The molecular formula is C25H33N9O. The molecule has 2 aliphatic rings. The number of imidazole rings is 2. The fourth-order valence-electron chi connectivity index (χ4n) is 5.18. The van der Waals surface area contributed by atoms with Crippen molar-refractivity contribution in [3.63, 3.8) is 0 Å². The van der Waals surface area contributed by atoms with Gasteiger partial charge in [-0.3, -0.25) is 4.90 Å². The molecule has 6 rings (SSSR count). The number of nitrogens with one attached hydrogen (secondary N) is 2. The van der Waals surface area contributed by atoms with E-state index in [4.69, 9.17) is 19.7 Å². The average Bonchev–Trinajstić information content (AvgIpc) is 3.52. The van der Waals surface area contributed by atoms with Gasteiger partial charge < -0.3 is 24.5 Å². The Morgan fingerprint density at radius 2 is 1.86 bits per heavy atom. The van der Waals surface area contributed by atoms with E-state index in [0.717, 1.165) is 92.0 Å². The van der Waals surface area contributed by atoms with Crippen LogP contribution >= 0.6 is 0 Å². The summed E-state index contributed by atoms with van der Waals surface area (Å²) in [5.74, 6) is 2.39. The SMILES string of the molecule is CC(C)n1cnc2c(NCc3nc4ccccc4[nH]3)nc(N3CCC(N4CCOCC4)CC3)nc21. The summed E-state index contributed by atoms with van der Waals surface area (Å²) in [4.78, 5) is 27.6. The second-order valence-corrected chi connectivity index (χ2v) is 9.71. The molecule has 0 spiro atoms. The summed E-state index contributed by atoms with van der Waals surface area (Å²) in [6, 6.07) is 8.95. The van der Waals surface area contributed by atoms with E-state index < -0.39 is 0 Å². The average molecular weight is 476 g/mol. The van der Waals surface area contributed by atoms with Crippen LogP contribution in [0.5, 0.6) is 0 Å². The lowest BCUT2D eigenvalue weighted by molar-refractivity contribution is 0.0114. The van der Waals surface area contributed by atoms with E-state index in [0.29, 0.717) is 12.6 Å². The van der Waals surface area contributed by atoms with Gasteiger partial charge in [-0.15, -0.1) is 0 Å². The van der Waals surface area contributed by atoms with E-state index in [9.17, 15) is 0 Å². The Morgan fingerprint density at radius 1 is 1.06 bits per heavy atom. The summed E-state index contributed by atoms with van der Waals surface area (Å²) in [6.45, 7) is 10.5. The first-order valence-electron chi connectivity index (χ1n) is 12.6. The van der Waals surface area contributed by atoms with Crippen LogP contribution in [0.25, 0.3) is 22.2 Å². The molecule has 4 aromatic rings. The highest BCUT2D eigenvalue weighted by atomic mass is 16.5. The molecule has 0 atom stereocenters. The number of hydrogen-bond donors (Lipinski definition) is 2. The Balaban J connectivity index is 1.25. The Hall–Kier alpha value is -3.24. The molecule has 10 nitrogen and oxygen atoms in total. The predicted molar refractivity (Wildman–Crippen MR) is 137 cm³/mol. The predicted octanol–water partition coefficient (Wildman–Crippen LogP) is 3.20. The highest BCUT2D eigenvalue weighted by Gasteiger charge is 2.28. The maximum atomic E-state index is 5.54. The van der Waals surface area contributed by atoms with Gasteiger partial charge in [0.2, 0.25) is 5.95 Å². The summed E-state index contributed by atoms with van der Waals surface area (Å²) in [5, 5.41) is 3.49. The number of benzene rings is 1. The molecule has 0 bridgehead atoms. The quantitative estimate of drug-likeness (QED) is 0.439. The Labute approximate surface area is 204 Å². The van der Waals surface area contributed by atoms with Gasteiger partial charge in [-0.1, -0.05) is 12.1 Å². The number of H-pyrrole nitrogens is 1. The van der Waals surface area contributed by atoms with Crippen molar-refractivity contribution >= 4 is 34.0 Å². The molecule has 10 heteroatoms. The van der Waals surface area contributed by atoms with Crippen molar-refractivity contribution in [2.75, 3.05) is 49.6 Å². The first-order chi connectivity index (χ1) is 17.2. The fraction of sp³-hybridized carbons (Fsp3) is 0.520. The number of para-hydroxylation sites is 2. The minimum absolute atomic E-state index is 0.262. The van der Waals surface area contributed by atoms with Crippen LogP contribution < -0.4 is 10.2 Å². The van der Waals surface area contributed by atoms with Crippen LogP contribution in [0.2, 0.25) is 0 Å². The normalized spacial score (nSPS) is 18.2. The van der Waals surface area contributed by atoms with E-state index in [1.165, 1.54) is 0 Å². The third kappa shape index (κ3) is 4.43. The number of ether oxygens (including phenoxy) is 1. The number of aromatic nitrogens is 6. The number of nitrogens with zero attached hydrogens (tertiary/aromatic N) is 7. The summed E-state index contributed by atoms with van der Waals surface area (Å²) >= 11 is 0. The van der Waals surface area contributed by atoms with Crippen LogP contribution in [0.3, 0.4) is 0 Å². The molecule has 1 aromatic carbocycles. The maximum absolute atomic E-state index is 5.54. The number of fused-ring (bicyclic) bond motifs is 2. The first-order valence-corrected chi connectivity index (χ1v) is 12.6. The van der Waals surface area contributed by atoms with E-state index in [2.05, 4.69) is 43.5 Å². The highest BCUT2D eigenvalue weighted by molar-refractivity contribution is 5.84. The van der Waals surface area contributed by atoms with Crippen molar-refractivity contribution in [2.24, 2.45) is 0 Å². The molecule has 0 radical (unpaired) electrons. The number of morpholine rings is 1. The topological polar surface area (TPSA) is 100 Å². The molecule has 0 aliphatic carbocycles. The smallest absolute Gasteiger partial charge is 0.229 e. The number of rotatable bonds is 6. The van der Waals surface area contributed by atoms with Crippen molar-refractivity contribution in [3.05, 3.63) is 36.4 Å². The van der Waals surface area contributed by atoms with E-state index in [-0.39, 0.29) is 6.04 Å². The van der Waals surface area contributed by atoms with Crippen LogP contribution in [0.4, 0.5) is 11.8 Å². The van der Waals surface area contributed by atoms with Gasteiger partial charge in [-0.05, 0) is 38.8 Å². The Kier molecular flexibility index (Phi) is 5.99. The lowest BCUT2D eigenvalue weighted by Crippen LogP contribution is -2.49. The number of aromatic amines is 1. The molecule has 0 amide bonds. The molecule has 2 fully saturated rings. The Morgan fingerprint density at radius 3 is 2.63 bits per heavy atom. The molecule has 0 unspecified atom stereocenters. The van der Waals surface area contributed by atoms with Crippen LogP contribution in [-0.4, -0.2) is 79.8 Å². The van der Waals surface area contributed by atoms with Crippen LogP contribution in [0, 0.1) is 0 Å². The molecule has 5 heterocycles. The van der Waals surface area contributed by atoms with Crippen molar-refractivity contribution < 1.29 is 4.74 Å². The van der Waals surface area contributed by atoms with Crippen LogP contribution in [0.15, 0.2) is 30.6 Å². The van der Waals surface area contributed by atoms with Gasteiger partial charge in [0.05, 0.1) is 37.1 Å². The minimum atomic E-state index is 0.262. The van der Waals surface area contributed by atoms with E-state index >= 15 is 0 Å². The molecule has 2 N–H and O–H groups in total.